The number of benzene rings is 2. The van der Waals surface area contributed by atoms with Crippen molar-refractivity contribution in [1.29, 1.82) is 0 Å². The number of aliphatic hydroxyl groups excluding tert-OH is 1. The number of aliphatic hydroxyl groups is 1. The highest BCUT2D eigenvalue weighted by Crippen LogP contribution is 2.26. The second kappa shape index (κ2) is 5.54. The molecular formula is C15H15FN2O. The van der Waals surface area contributed by atoms with E-state index >= 15 is 0 Å². The van der Waals surface area contributed by atoms with Crippen LogP contribution in [0.5, 0.6) is 0 Å². The summed E-state index contributed by atoms with van der Waals surface area (Å²) in [6, 6.07) is 11.3. The van der Waals surface area contributed by atoms with E-state index in [-0.39, 0.29) is 5.69 Å². The third-order valence-electron chi connectivity index (χ3n) is 2.82. The third-order valence-corrected chi connectivity index (χ3v) is 2.82. The van der Waals surface area contributed by atoms with Crippen molar-refractivity contribution in [2.45, 2.75) is 6.10 Å². The molecule has 0 radical (unpaired) electrons. The fourth-order valence-electron chi connectivity index (χ4n) is 1.80. The Labute approximate surface area is 111 Å². The van der Waals surface area contributed by atoms with Crippen LogP contribution in [0.1, 0.15) is 17.2 Å². The first-order valence-corrected chi connectivity index (χ1v) is 5.82. The minimum atomic E-state index is -0.827. The van der Waals surface area contributed by atoms with Gasteiger partial charge in [0, 0.05) is 5.69 Å². The summed E-state index contributed by atoms with van der Waals surface area (Å²) < 4.78 is 13.5. The fraction of sp³-hybridized carbons (Fsp3) is 0.0667. The molecule has 0 amide bonds. The Bertz CT molecular complexity index is 581. The molecule has 0 aliphatic carbocycles. The predicted molar refractivity (Wildman–Crippen MR) is 75.1 cm³/mol. The Morgan fingerprint density at radius 3 is 2.42 bits per heavy atom. The van der Waals surface area contributed by atoms with Crippen LogP contribution in [0.2, 0.25) is 0 Å². The monoisotopic (exact) mass is 258 g/mol. The molecule has 0 fully saturated rings. The quantitative estimate of drug-likeness (QED) is 0.739. The first-order chi connectivity index (χ1) is 9.11. The average Bonchev–Trinajstić information content (AvgIpc) is 2.41. The molecule has 0 spiro atoms. The lowest BCUT2D eigenvalue weighted by Gasteiger charge is -2.13. The van der Waals surface area contributed by atoms with Crippen molar-refractivity contribution in [1.82, 2.24) is 0 Å². The van der Waals surface area contributed by atoms with Gasteiger partial charge in [0.2, 0.25) is 0 Å². The normalized spacial score (nSPS) is 11.9. The van der Waals surface area contributed by atoms with Crippen molar-refractivity contribution >= 4 is 11.4 Å². The molecular weight excluding hydrogens is 243 g/mol. The largest absolute Gasteiger partial charge is 0.399 e. The van der Waals surface area contributed by atoms with Gasteiger partial charge in [0.05, 0.1) is 5.69 Å². The van der Waals surface area contributed by atoms with Crippen LogP contribution in [0.4, 0.5) is 15.8 Å². The maximum Gasteiger partial charge on any atom is 0.146 e. The lowest BCUT2D eigenvalue weighted by molar-refractivity contribution is 0.220. The number of anilines is 2. The molecule has 2 rings (SSSR count). The summed E-state index contributed by atoms with van der Waals surface area (Å²) in [6.45, 7) is 3.49. The average molecular weight is 258 g/mol. The third kappa shape index (κ3) is 2.92. The summed E-state index contributed by atoms with van der Waals surface area (Å²) in [5.41, 5.74) is 7.80. The van der Waals surface area contributed by atoms with Gasteiger partial charge < -0.3 is 16.2 Å². The molecule has 0 saturated heterocycles. The highest BCUT2D eigenvalue weighted by atomic mass is 19.1. The highest BCUT2D eigenvalue weighted by molar-refractivity contribution is 5.51. The van der Waals surface area contributed by atoms with Crippen LogP contribution in [0.15, 0.2) is 55.2 Å². The zero-order chi connectivity index (χ0) is 13.8. The van der Waals surface area contributed by atoms with E-state index in [0.29, 0.717) is 16.8 Å². The number of nitrogens with two attached hydrogens (primary N) is 1. The SMILES string of the molecule is C=CNc1cc(C(O)c2ccc(N)cc2)ccc1F. The Morgan fingerprint density at radius 1 is 1.16 bits per heavy atom. The first-order valence-electron chi connectivity index (χ1n) is 5.82. The molecule has 4 heteroatoms. The van der Waals surface area contributed by atoms with Crippen molar-refractivity contribution in [2.75, 3.05) is 11.1 Å². The number of rotatable bonds is 4. The molecule has 19 heavy (non-hydrogen) atoms. The first kappa shape index (κ1) is 13.1. The van der Waals surface area contributed by atoms with Gasteiger partial charge in [-0.1, -0.05) is 24.8 Å². The Hall–Kier alpha value is -2.33. The standard InChI is InChI=1S/C15H15FN2O/c1-2-18-14-9-11(5-8-13(14)16)15(19)10-3-6-12(17)7-4-10/h2-9,15,18-19H,1,17H2. The van der Waals surface area contributed by atoms with E-state index in [0.717, 1.165) is 0 Å². The Morgan fingerprint density at radius 2 is 1.79 bits per heavy atom. The Kier molecular flexibility index (Phi) is 3.82. The second-order valence-electron chi connectivity index (χ2n) is 4.16. The van der Waals surface area contributed by atoms with E-state index in [9.17, 15) is 9.50 Å². The van der Waals surface area contributed by atoms with Gasteiger partial charge in [-0.3, -0.25) is 0 Å². The Balaban J connectivity index is 2.33. The van der Waals surface area contributed by atoms with Crippen LogP contribution in [0.3, 0.4) is 0 Å². The smallest absolute Gasteiger partial charge is 0.146 e. The summed E-state index contributed by atoms with van der Waals surface area (Å²) in [4.78, 5) is 0. The predicted octanol–water partition coefficient (Wildman–Crippen LogP) is 3.05. The zero-order valence-corrected chi connectivity index (χ0v) is 10.3. The number of hydrogen-bond acceptors (Lipinski definition) is 3. The van der Waals surface area contributed by atoms with E-state index in [4.69, 9.17) is 5.73 Å². The van der Waals surface area contributed by atoms with Crippen LogP contribution in [-0.4, -0.2) is 5.11 Å². The number of nitrogen functional groups attached to an aromatic ring is 1. The summed E-state index contributed by atoms with van der Waals surface area (Å²) in [6.07, 6.45) is 0.559. The van der Waals surface area contributed by atoms with E-state index in [2.05, 4.69) is 11.9 Å². The van der Waals surface area contributed by atoms with Gasteiger partial charge in [0.15, 0.2) is 0 Å². The van der Waals surface area contributed by atoms with E-state index in [1.807, 2.05) is 0 Å². The van der Waals surface area contributed by atoms with Crippen LogP contribution in [0, 0.1) is 5.82 Å². The maximum atomic E-state index is 13.5. The molecule has 0 saturated carbocycles. The van der Waals surface area contributed by atoms with E-state index in [1.165, 1.54) is 12.3 Å². The maximum absolute atomic E-state index is 13.5. The van der Waals surface area contributed by atoms with Crippen LogP contribution in [0.25, 0.3) is 0 Å². The summed E-state index contributed by atoms with van der Waals surface area (Å²) >= 11 is 0. The van der Waals surface area contributed by atoms with Gasteiger partial charge in [0.1, 0.15) is 11.9 Å². The van der Waals surface area contributed by atoms with Gasteiger partial charge in [0.25, 0.3) is 0 Å². The number of nitrogens with one attached hydrogen (secondary N) is 1. The summed E-state index contributed by atoms with van der Waals surface area (Å²) in [5, 5.41) is 12.9. The molecule has 0 heterocycles. The molecule has 1 unspecified atom stereocenters. The van der Waals surface area contributed by atoms with Crippen molar-refractivity contribution in [3.63, 3.8) is 0 Å². The van der Waals surface area contributed by atoms with E-state index in [1.54, 1.807) is 36.4 Å². The fourth-order valence-corrected chi connectivity index (χ4v) is 1.80. The van der Waals surface area contributed by atoms with Gasteiger partial charge in [-0.2, -0.15) is 0 Å². The highest BCUT2D eigenvalue weighted by Gasteiger charge is 2.12. The van der Waals surface area contributed by atoms with Crippen molar-refractivity contribution in [2.24, 2.45) is 0 Å². The van der Waals surface area contributed by atoms with Gasteiger partial charge in [-0.15, -0.1) is 0 Å². The van der Waals surface area contributed by atoms with Crippen LogP contribution < -0.4 is 11.1 Å². The number of halogens is 1. The summed E-state index contributed by atoms with van der Waals surface area (Å²) in [7, 11) is 0. The molecule has 98 valence electrons. The second-order valence-corrected chi connectivity index (χ2v) is 4.16. The van der Waals surface area contributed by atoms with Crippen molar-refractivity contribution in [3.05, 3.63) is 72.2 Å². The molecule has 0 aromatic heterocycles. The molecule has 1 atom stereocenters. The lowest BCUT2D eigenvalue weighted by Crippen LogP contribution is -2.02. The minimum Gasteiger partial charge on any atom is -0.399 e. The molecule has 0 aliphatic heterocycles. The molecule has 0 bridgehead atoms. The van der Waals surface area contributed by atoms with Crippen LogP contribution >= 0.6 is 0 Å². The number of hydrogen-bond donors (Lipinski definition) is 3. The topological polar surface area (TPSA) is 58.3 Å². The zero-order valence-electron chi connectivity index (χ0n) is 10.3. The molecule has 4 N–H and O–H groups in total. The molecule has 2 aromatic rings. The van der Waals surface area contributed by atoms with Gasteiger partial charge >= 0.3 is 0 Å². The lowest BCUT2D eigenvalue weighted by atomic mass is 10.0. The van der Waals surface area contributed by atoms with Gasteiger partial charge in [-0.25, -0.2) is 4.39 Å². The molecule has 3 nitrogen and oxygen atoms in total. The summed E-state index contributed by atoms with van der Waals surface area (Å²) in [5.74, 6) is -0.395. The van der Waals surface area contributed by atoms with Gasteiger partial charge in [-0.05, 0) is 41.6 Å². The van der Waals surface area contributed by atoms with Crippen LogP contribution in [-0.2, 0) is 0 Å². The van der Waals surface area contributed by atoms with Crippen molar-refractivity contribution in [3.8, 4) is 0 Å². The molecule has 2 aromatic carbocycles. The van der Waals surface area contributed by atoms with Crippen molar-refractivity contribution < 1.29 is 9.50 Å². The van der Waals surface area contributed by atoms with E-state index < -0.39 is 11.9 Å². The minimum absolute atomic E-state index is 0.280. The molecule has 0 aliphatic rings.